The summed E-state index contributed by atoms with van der Waals surface area (Å²) in [5, 5.41) is 15.2. The number of urea groups is 1. The molecule has 0 radical (unpaired) electrons. The maximum absolute atomic E-state index is 13.9. The number of benzene rings is 1. The summed E-state index contributed by atoms with van der Waals surface area (Å²) >= 11 is 0. The molecule has 2 aliphatic carbocycles. The van der Waals surface area contributed by atoms with Crippen molar-refractivity contribution in [2.45, 2.75) is 56.1 Å². The number of hydrogen-bond donors (Lipinski definition) is 3. The maximum atomic E-state index is 13.9. The lowest BCUT2D eigenvalue weighted by atomic mass is 9.93. The van der Waals surface area contributed by atoms with Crippen molar-refractivity contribution < 1.29 is 18.7 Å². The molecule has 3 rings (SSSR count). The third-order valence-corrected chi connectivity index (χ3v) is 4.98. The first-order valence-electron chi connectivity index (χ1n) is 8.16. The molecule has 3 N–H and O–H groups in total. The molecule has 2 aliphatic rings. The van der Waals surface area contributed by atoms with E-state index in [4.69, 9.17) is 0 Å². The number of halogens is 2. The molecule has 0 bridgehead atoms. The average Bonchev–Trinajstić information content (AvgIpc) is 3.28. The van der Waals surface area contributed by atoms with Crippen LogP contribution in [0.3, 0.4) is 0 Å². The Bertz CT molecular complexity index is 582. The lowest BCUT2D eigenvalue weighted by Gasteiger charge is -2.26. The molecule has 0 aliphatic heterocycles. The molecule has 6 heteroatoms. The summed E-state index contributed by atoms with van der Waals surface area (Å²) in [4.78, 5) is 12.0. The van der Waals surface area contributed by atoms with Crippen LogP contribution in [0.4, 0.5) is 13.6 Å². The van der Waals surface area contributed by atoms with E-state index in [9.17, 15) is 18.7 Å². The second-order valence-corrected chi connectivity index (χ2v) is 6.74. The fourth-order valence-corrected chi connectivity index (χ4v) is 3.32. The van der Waals surface area contributed by atoms with Gasteiger partial charge in [0.05, 0.1) is 6.10 Å². The third kappa shape index (κ3) is 3.80. The van der Waals surface area contributed by atoms with E-state index >= 15 is 0 Å². The minimum absolute atomic E-state index is 0.0797. The molecular formula is C17H22F2N2O2. The summed E-state index contributed by atoms with van der Waals surface area (Å²) in [5.74, 6) is -1.14. The van der Waals surface area contributed by atoms with Gasteiger partial charge in [0, 0.05) is 24.1 Å². The topological polar surface area (TPSA) is 61.4 Å². The molecule has 126 valence electrons. The van der Waals surface area contributed by atoms with Crippen LogP contribution in [-0.2, 0) is 5.41 Å². The van der Waals surface area contributed by atoms with Crippen molar-refractivity contribution in [1.29, 1.82) is 0 Å². The number of carbonyl (C=O) groups excluding carboxylic acids is 1. The van der Waals surface area contributed by atoms with E-state index < -0.39 is 17.0 Å². The van der Waals surface area contributed by atoms with Gasteiger partial charge in [-0.15, -0.1) is 0 Å². The van der Waals surface area contributed by atoms with Crippen LogP contribution < -0.4 is 10.6 Å². The summed E-state index contributed by atoms with van der Waals surface area (Å²) in [7, 11) is 0. The van der Waals surface area contributed by atoms with Gasteiger partial charge in [0.15, 0.2) is 0 Å². The second-order valence-electron chi connectivity index (χ2n) is 6.74. The first-order chi connectivity index (χ1) is 11.0. The van der Waals surface area contributed by atoms with Gasteiger partial charge in [-0.3, -0.25) is 0 Å². The Kier molecular flexibility index (Phi) is 4.53. The van der Waals surface area contributed by atoms with Gasteiger partial charge in [0.1, 0.15) is 11.6 Å². The molecule has 0 spiro atoms. The Morgan fingerprint density at radius 2 is 1.91 bits per heavy atom. The van der Waals surface area contributed by atoms with Gasteiger partial charge in [0.2, 0.25) is 0 Å². The fourth-order valence-electron chi connectivity index (χ4n) is 3.32. The molecule has 1 aromatic carbocycles. The molecule has 0 heterocycles. The molecular weight excluding hydrogens is 302 g/mol. The van der Waals surface area contributed by atoms with Crippen LogP contribution in [0.25, 0.3) is 0 Å². The molecule has 0 saturated heterocycles. The predicted octanol–water partition coefficient (Wildman–Crippen LogP) is 2.60. The van der Waals surface area contributed by atoms with Gasteiger partial charge >= 0.3 is 6.03 Å². The number of rotatable bonds is 4. The Hall–Kier alpha value is -1.69. The highest BCUT2D eigenvalue weighted by molar-refractivity contribution is 5.74. The van der Waals surface area contributed by atoms with Crippen LogP contribution in [0.5, 0.6) is 0 Å². The zero-order chi connectivity index (χ0) is 16.4. The summed E-state index contributed by atoms with van der Waals surface area (Å²) in [6.07, 6.45) is 4.26. The van der Waals surface area contributed by atoms with E-state index in [-0.39, 0.29) is 18.2 Å². The van der Waals surface area contributed by atoms with Crippen LogP contribution in [0, 0.1) is 11.6 Å². The Labute approximate surface area is 134 Å². The lowest BCUT2D eigenvalue weighted by molar-refractivity contribution is 0.117. The first-order valence-corrected chi connectivity index (χ1v) is 8.16. The van der Waals surface area contributed by atoms with E-state index in [1.165, 1.54) is 12.1 Å². The van der Waals surface area contributed by atoms with Crippen LogP contribution in [-0.4, -0.2) is 29.8 Å². The number of aliphatic hydroxyl groups is 1. The summed E-state index contributed by atoms with van der Waals surface area (Å²) in [5.41, 5.74) is 0.0673. The molecule has 2 amide bonds. The number of carbonyl (C=O) groups is 1. The Morgan fingerprint density at radius 1 is 1.22 bits per heavy atom. The predicted molar refractivity (Wildman–Crippen MR) is 82.1 cm³/mol. The van der Waals surface area contributed by atoms with Gasteiger partial charge in [-0.1, -0.05) is 6.07 Å². The summed E-state index contributed by atoms with van der Waals surface area (Å²) < 4.78 is 26.9. The first kappa shape index (κ1) is 16.2. The van der Waals surface area contributed by atoms with Gasteiger partial charge in [-0.25, -0.2) is 13.6 Å². The van der Waals surface area contributed by atoms with Crippen molar-refractivity contribution in [2.75, 3.05) is 6.54 Å². The average molecular weight is 324 g/mol. The van der Waals surface area contributed by atoms with Crippen LogP contribution in [0.2, 0.25) is 0 Å². The van der Waals surface area contributed by atoms with Gasteiger partial charge in [-0.05, 0) is 50.2 Å². The van der Waals surface area contributed by atoms with Crippen molar-refractivity contribution in [3.63, 3.8) is 0 Å². The van der Waals surface area contributed by atoms with Crippen molar-refractivity contribution in [1.82, 2.24) is 10.6 Å². The zero-order valence-electron chi connectivity index (χ0n) is 12.9. The number of aliphatic hydroxyl groups excluding tert-OH is 1. The smallest absolute Gasteiger partial charge is 0.315 e. The minimum atomic E-state index is -0.591. The molecule has 0 aromatic heterocycles. The Balaban J connectivity index is 1.52. The number of nitrogens with one attached hydrogen (secondary N) is 2. The molecule has 2 saturated carbocycles. The van der Waals surface area contributed by atoms with Crippen LogP contribution in [0.15, 0.2) is 18.2 Å². The van der Waals surface area contributed by atoms with Gasteiger partial charge in [0.25, 0.3) is 0 Å². The van der Waals surface area contributed by atoms with Gasteiger partial charge < -0.3 is 15.7 Å². The highest BCUT2D eigenvalue weighted by atomic mass is 19.1. The molecule has 0 unspecified atom stereocenters. The van der Waals surface area contributed by atoms with Crippen molar-refractivity contribution in [2.24, 2.45) is 0 Å². The summed E-state index contributed by atoms with van der Waals surface area (Å²) in [6, 6.07) is 3.44. The van der Waals surface area contributed by atoms with Crippen molar-refractivity contribution in [3.05, 3.63) is 35.4 Å². The quantitative estimate of drug-likeness (QED) is 0.797. The van der Waals surface area contributed by atoms with Gasteiger partial charge in [-0.2, -0.15) is 0 Å². The summed E-state index contributed by atoms with van der Waals surface area (Å²) in [6.45, 7) is 0.344. The molecule has 1 aromatic rings. The van der Waals surface area contributed by atoms with E-state index in [1.807, 2.05) is 0 Å². The third-order valence-electron chi connectivity index (χ3n) is 4.98. The maximum Gasteiger partial charge on any atom is 0.315 e. The zero-order valence-corrected chi connectivity index (χ0v) is 12.9. The van der Waals surface area contributed by atoms with Crippen LogP contribution in [0.1, 0.15) is 44.1 Å². The molecule has 23 heavy (non-hydrogen) atoms. The fraction of sp³-hybridized carbons (Fsp3) is 0.588. The minimum Gasteiger partial charge on any atom is -0.393 e. The molecule has 4 nitrogen and oxygen atoms in total. The molecule has 0 atom stereocenters. The number of hydrogen-bond acceptors (Lipinski definition) is 2. The number of amides is 2. The highest BCUT2D eigenvalue weighted by Crippen LogP contribution is 2.48. The second kappa shape index (κ2) is 6.43. The van der Waals surface area contributed by atoms with E-state index in [0.29, 0.717) is 24.9 Å². The van der Waals surface area contributed by atoms with Crippen molar-refractivity contribution in [3.8, 4) is 0 Å². The standard InChI is InChI=1S/C17H22F2N2O2/c18-11-1-6-14(15(19)9-11)17(7-8-17)10-20-16(23)21-12-2-4-13(22)5-3-12/h1,6,9,12-13,22H,2-5,7-8,10H2,(H2,20,21,23). The van der Waals surface area contributed by atoms with E-state index in [2.05, 4.69) is 10.6 Å². The molecule has 2 fully saturated rings. The largest absolute Gasteiger partial charge is 0.393 e. The van der Waals surface area contributed by atoms with E-state index in [1.54, 1.807) is 0 Å². The van der Waals surface area contributed by atoms with Crippen LogP contribution >= 0.6 is 0 Å². The monoisotopic (exact) mass is 324 g/mol. The van der Waals surface area contributed by atoms with E-state index in [0.717, 1.165) is 31.7 Å². The Morgan fingerprint density at radius 3 is 2.52 bits per heavy atom. The normalized spacial score (nSPS) is 25.7. The van der Waals surface area contributed by atoms with Crippen molar-refractivity contribution >= 4 is 6.03 Å². The highest BCUT2D eigenvalue weighted by Gasteiger charge is 2.46. The lowest BCUT2D eigenvalue weighted by Crippen LogP contribution is -2.46. The SMILES string of the molecule is O=C(NCC1(c2ccc(F)cc2F)CC1)NC1CCC(O)CC1.